The van der Waals surface area contributed by atoms with Crippen molar-refractivity contribution in [2.75, 3.05) is 14.2 Å². The second-order valence-electron chi connectivity index (χ2n) is 3.22. The molecule has 6 nitrogen and oxygen atoms in total. The van der Waals surface area contributed by atoms with Gasteiger partial charge in [-0.3, -0.25) is 0 Å². The number of benzene rings is 1. The van der Waals surface area contributed by atoms with Gasteiger partial charge in [0, 0.05) is 0 Å². The van der Waals surface area contributed by atoms with Gasteiger partial charge >= 0.3 is 5.97 Å². The van der Waals surface area contributed by atoms with Gasteiger partial charge in [0.2, 0.25) is 0 Å². The molecule has 88 valence electrons. The van der Waals surface area contributed by atoms with Gasteiger partial charge in [-0.15, -0.1) is 5.10 Å². The SMILES string of the molecule is COC(=O)c1cnnn1-c1ccc(OC)cc1. The van der Waals surface area contributed by atoms with Gasteiger partial charge in [0.25, 0.3) is 0 Å². The number of methoxy groups -OCH3 is 2. The molecular formula is C11H11N3O3. The monoisotopic (exact) mass is 233 g/mol. The van der Waals surface area contributed by atoms with E-state index in [0.717, 1.165) is 5.75 Å². The maximum atomic E-state index is 11.4. The summed E-state index contributed by atoms with van der Waals surface area (Å²) in [6.45, 7) is 0. The van der Waals surface area contributed by atoms with Crippen LogP contribution in [0.4, 0.5) is 0 Å². The van der Waals surface area contributed by atoms with E-state index in [4.69, 9.17) is 4.74 Å². The minimum Gasteiger partial charge on any atom is -0.497 e. The van der Waals surface area contributed by atoms with Gasteiger partial charge in [-0.2, -0.15) is 0 Å². The van der Waals surface area contributed by atoms with Gasteiger partial charge in [0.15, 0.2) is 5.69 Å². The first-order valence-corrected chi connectivity index (χ1v) is 4.89. The largest absolute Gasteiger partial charge is 0.497 e. The van der Waals surface area contributed by atoms with Gasteiger partial charge < -0.3 is 9.47 Å². The Morgan fingerprint density at radius 3 is 2.53 bits per heavy atom. The number of nitrogens with zero attached hydrogens (tertiary/aromatic N) is 3. The van der Waals surface area contributed by atoms with Gasteiger partial charge in [-0.1, -0.05) is 5.21 Å². The summed E-state index contributed by atoms with van der Waals surface area (Å²) in [5, 5.41) is 7.53. The fraction of sp³-hybridized carbons (Fsp3) is 0.182. The molecule has 0 aliphatic heterocycles. The summed E-state index contributed by atoms with van der Waals surface area (Å²) in [5.74, 6) is 0.249. The third kappa shape index (κ3) is 2.10. The molecule has 0 amide bonds. The highest BCUT2D eigenvalue weighted by atomic mass is 16.5. The van der Waals surface area contributed by atoms with Crippen LogP contribution in [0.1, 0.15) is 10.5 Å². The first-order chi connectivity index (χ1) is 8.26. The predicted molar refractivity (Wildman–Crippen MR) is 59.3 cm³/mol. The van der Waals surface area contributed by atoms with Crippen LogP contribution in [-0.4, -0.2) is 35.2 Å². The first kappa shape index (κ1) is 11.1. The van der Waals surface area contributed by atoms with Crippen LogP contribution in [0, 0.1) is 0 Å². The summed E-state index contributed by atoms with van der Waals surface area (Å²) in [7, 11) is 2.90. The number of carbonyl (C=O) groups excluding carboxylic acids is 1. The van der Waals surface area contributed by atoms with Crippen molar-refractivity contribution in [2.24, 2.45) is 0 Å². The van der Waals surface area contributed by atoms with Crippen molar-refractivity contribution in [3.63, 3.8) is 0 Å². The van der Waals surface area contributed by atoms with Crippen molar-refractivity contribution in [3.05, 3.63) is 36.2 Å². The van der Waals surface area contributed by atoms with Crippen LogP contribution in [0.15, 0.2) is 30.5 Å². The Labute approximate surface area is 97.8 Å². The van der Waals surface area contributed by atoms with Gasteiger partial charge in [-0.05, 0) is 24.3 Å². The molecular weight excluding hydrogens is 222 g/mol. The fourth-order valence-electron chi connectivity index (χ4n) is 1.39. The number of esters is 1. The summed E-state index contributed by atoms with van der Waals surface area (Å²) in [5.41, 5.74) is 0.987. The normalized spacial score (nSPS) is 10.0. The van der Waals surface area contributed by atoms with Crippen molar-refractivity contribution < 1.29 is 14.3 Å². The highest BCUT2D eigenvalue weighted by Crippen LogP contribution is 2.15. The van der Waals surface area contributed by atoms with Crippen molar-refractivity contribution in [1.82, 2.24) is 15.0 Å². The lowest BCUT2D eigenvalue weighted by molar-refractivity contribution is 0.0590. The summed E-state index contributed by atoms with van der Waals surface area (Å²) in [6, 6.07) is 7.11. The van der Waals surface area contributed by atoms with Crippen LogP contribution in [0.2, 0.25) is 0 Å². The number of carbonyl (C=O) groups is 1. The standard InChI is InChI=1S/C11H11N3O3/c1-16-9-5-3-8(4-6-9)14-10(7-12-13-14)11(15)17-2/h3-7H,1-2H3. The van der Waals surface area contributed by atoms with Crippen molar-refractivity contribution >= 4 is 5.97 Å². The molecule has 0 bridgehead atoms. The quantitative estimate of drug-likeness (QED) is 0.741. The lowest BCUT2D eigenvalue weighted by Gasteiger charge is -2.05. The molecule has 0 radical (unpaired) electrons. The van der Waals surface area contributed by atoms with Crippen LogP contribution < -0.4 is 4.74 Å². The van der Waals surface area contributed by atoms with Crippen LogP contribution >= 0.6 is 0 Å². The molecule has 0 unspecified atom stereocenters. The second kappa shape index (κ2) is 4.65. The van der Waals surface area contributed by atoms with E-state index < -0.39 is 5.97 Å². The highest BCUT2D eigenvalue weighted by molar-refractivity contribution is 5.87. The number of aromatic nitrogens is 3. The molecule has 17 heavy (non-hydrogen) atoms. The van der Waals surface area contributed by atoms with Crippen LogP contribution in [0.5, 0.6) is 5.75 Å². The molecule has 0 fully saturated rings. The van der Waals surface area contributed by atoms with E-state index in [1.54, 1.807) is 31.4 Å². The van der Waals surface area contributed by atoms with E-state index in [1.165, 1.54) is 18.0 Å². The molecule has 0 spiro atoms. The molecule has 0 N–H and O–H groups in total. The van der Waals surface area contributed by atoms with E-state index >= 15 is 0 Å². The minimum atomic E-state index is -0.481. The van der Waals surface area contributed by atoms with Crippen molar-refractivity contribution in [1.29, 1.82) is 0 Å². The Morgan fingerprint density at radius 1 is 1.24 bits per heavy atom. The Morgan fingerprint density at radius 2 is 1.94 bits per heavy atom. The summed E-state index contributed by atoms with van der Waals surface area (Å²) < 4.78 is 11.1. The van der Waals surface area contributed by atoms with E-state index in [-0.39, 0.29) is 5.69 Å². The maximum absolute atomic E-state index is 11.4. The zero-order chi connectivity index (χ0) is 12.3. The van der Waals surface area contributed by atoms with E-state index in [2.05, 4.69) is 15.0 Å². The Balaban J connectivity index is 2.39. The van der Waals surface area contributed by atoms with E-state index in [9.17, 15) is 4.79 Å². The third-order valence-electron chi connectivity index (χ3n) is 2.26. The Bertz CT molecular complexity index is 519. The maximum Gasteiger partial charge on any atom is 0.358 e. The average Bonchev–Trinajstić information content (AvgIpc) is 2.87. The second-order valence-corrected chi connectivity index (χ2v) is 3.22. The van der Waals surface area contributed by atoms with Crippen LogP contribution in [0.3, 0.4) is 0 Å². The predicted octanol–water partition coefficient (Wildman–Crippen LogP) is 1.06. The molecule has 0 saturated carbocycles. The summed E-state index contributed by atoms with van der Waals surface area (Å²) in [4.78, 5) is 11.4. The molecule has 1 aromatic heterocycles. The zero-order valence-electron chi connectivity index (χ0n) is 9.45. The molecule has 0 aliphatic rings. The Hall–Kier alpha value is -2.37. The van der Waals surface area contributed by atoms with Gasteiger partial charge in [-0.25, -0.2) is 9.48 Å². The molecule has 2 aromatic rings. The van der Waals surface area contributed by atoms with Crippen LogP contribution in [0.25, 0.3) is 5.69 Å². The molecule has 6 heteroatoms. The van der Waals surface area contributed by atoms with E-state index in [0.29, 0.717) is 5.69 Å². The highest BCUT2D eigenvalue weighted by Gasteiger charge is 2.14. The minimum absolute atomic E-state index is 0.276. The topological polar surface area (TPSA) is 66.2 Å². The number of hydrogen-bond donors (Lipinski definition) is 0. The lowest BCUT2D eigenvalue weighted by Crippen LogP contribution is -2.10. The van der Waals surface area contributed by atoms with E-state index in [1.807, 2.05) is 0 Å². The average molecular weight is 233 g/mol. The van der Waals surface area contributed by atoms with Crippen LogP contribution in [-0.2, 0) is 4.74 Å². The molecule has 0 atom stereocenters. The third-order valence-corrected chi connectivity index (χ3v) is 2.26. The molecule has 0 aliphatic carbocycles. The Kier molecular flexibility index (Phi) is 3.04. The lowest BCUT2D eigenvalue weighted by atomic mass is 10.3. The smallest absolute Gasteiger partial charge is 0.358 e. The fourth-order valence-corrected chi connectivity index (χ4v) is 1.39. The number of hydrogen-bond acceptors (Lipinski definition) is 5. The summed E-state index contributed by atoms with van der Waals surface area (Å²) in [6.07, 6.45) is 1.36. The number of rotatable bonds is 3. The zero-order valence-corrected chi connectivity index (χ0v) is 9.45. The van der Waals surface area contributed by atoms with Crippen molar-refractivity contribution in [2.45, 2.75) is 0 Å². The van der Waals surface area contributed by atoms with Gasteiger partial charge in [0.05, 0.1) is 26.1 Å². The van der Waals surface area contributed by atoms with Crippen molar-refractivity contribution in [3.8, 4) is 11.4 Å². The molecule has 1 aromatic carbocycles. The first-order valence-electron chi connectivity index (χ1n) is 4.89. The molecule has 1 heterocycles. The summed E-state index contributed by atoms with van der Waals surface area (Å²) >= 11 is 0. The number of ether oxygens (including phenoxy) is 2. The molecule has 2 rings (SSSR count). The molecule has 0 saturated heterocycles. The van der Waals surface area contributed by atoms with Gasteiger partial charge in [0.1, 0.15) is 5.75 Å².